The highest BCUT2D eigenvalue weighted by Crippen LogP contribution is 2.39. The Morgan fingerprint density at radius 3 is 2.73 bits per heavy atom. The largest absolute Gasteiger partial charge is 0.496 e. The highest BCUT2D eigenvalue weighted by molar-refractivity contribution is 5.37. The summed E-state index contributed by atoms with van der Waals surface area (Å²) in [5.41, 5.74) is 2.04. The Hall–Kier alpha value is -1.02. The molecule has 1 aromatic carbocycles. The molecule has 2 heteroatoms. The second-order valence-electron chi connectivity index (χ2n) is 4.54. The van der Waals surface area contributed by atoms with E-state index in [-0.39, 0.29) is 5.60 Å². The lowest BCUT2D eigenvalue weighted by atomic mass is 10.0. The van der Waals surface area contributed by atoms with Gasteiger partial charge in [0.05, 0.1) is 12.7 Å². The van der Waals surface area contributed by atoms with Crippen molar-refractivity contribution < 1.29 is 9.84 Å². The molecule has 0 aliphatic heterocycles. The maximum Gasteiger partial charge on any atom is 0.122 e. The van der Waals surface area contributed by atoms with Crippen molar-refractivity contribution in [1.29, 1.82) is 0 Å². The molecule has 0 unspecified atom stereocenters. The fraction of sp³-hybridized carbons (Fsp3) is 0.538. The molecule has 15 heavy (non-hydrogen) atoms. The summed E-state index contributed by atoms with van der Waals surface area (Å²) in [6.07, 6.45) is 3.68. The molecule has 1 fully saturated rings. The van der Waals surface area contributed by atoms with Crippen LogP contribution in [0.15, 0.2) is 18.2 Å². The molecule has 82 valence electrons. The minimum absolute atomic E-state index is 0.365. The van der Waals surface area contributed by atoms with Gasteiger partial charge in [-0.15, -0.1) is 0 Å². The van der Waals surface area contributed by atoms with Crippen molar-refractivity contribution in [3.05, 3.63) is 29.3 Å². The van der Waals surface area contributed by atoms with Crippen LogP contribution >= 0.6 is 0 Å². The zero-order valence-electron chi connectivity index (χ0n) is 9.42. The third kappa shape index (κ3) is 2.51. The van der Waals surface area contributed by atoms with E-state index in [2.05, 4.69) is 19.1 Å². The number of benzene rings is 1. The van der Waals surface area contributed by atoms with Gasteiger partial charge in [0.1, 0.15) is 5.75 Å². The molecule has 0 bridgehead atoms. The highest BCUT2D eigenvalue weighted by Gasteiger charge is 2.39. The van der Waals surface area contributed by atoms with Gasteiger partial charge in [-0.1, -0.05) is 12.1 Å². The van der Waals surface area contributed by atoms with E-state index in [0.717, 1.165) is 31.4 Å². The van der Waals surface area contributed by atoms with Crippen LogP contribution in [0.4, 0.5) is 0 Å². The van der Waals surface area contributed by atoms with Crippen molar-refractivity contribution in [2.24, 2.45) is 0 Å². The molecular formula is C13H18O2. The van der Waals surface area contributed by atoms with Gasteiger partial charge < -0.3 is 9.84 Å². The van der Waals surface area contributed by atoms with E-state index in [1.807, 2.05) is 6.07 Å². The normalized spacial score (nSPS) is 17.5. The molecule has 1 aliphatic carbocycles. The van der Waals surface area contributed by atoms with Crippen molar-refractivity contribution >= 4 is 0 Å². The fourth-order valence-electron chi connectivity index (χ4n) is 1.82. The number of aliphatic hydroxyl groups is 1. The average Bonchev–Trinajstić information content (AvgIpc) is 2.95. The lowest BCUT2D eigenvalue weighted by molar-refractivity contribution is 0.140. The van der Waals surface area contributed by atoms with Crippen LogP contribution in [0.3, 0.4) is 0 Å². The third-order valence-electron chi connectivity index (χ3n) is 3.13. The molecule has 0 heterocycles. The minimum Gasteiger partial charge on any atom is -0.496 e. The molecule has 0 saturated heterocycles. The maximum absolute atomic E-state index is 9.77. The van der Waals surface area contributed by atoms with Crippen LogP contribution in [0, 0.1) is 6.92 Å². The summed E-state index contributed by atoms with van der Waals surface area (Å²) in [4.78, 5) is 0. The van der Waals surface area contributed by atoms with Crippen LogP contribution in [0.25, 0.3) is 0 Å². The topological polar surface area (TPSA) is 29.5 Å². The Morgan fingerprint density at radius 1 is 1.40 bits per heavy atom. The van der Waals surface area contributed by atoms with Crippen LogP contribution in [0.1, 0.15) is 30.4 Å². The standard InChI is InChI=1S/C13H18O2/c1-10-3-4-11(12(9-10)15-2)5-6-13(14)7-8-13/h3-4,9,14H,5-8H2,1-2H3. The zero-order chi connectivity index (χ0) is 10.9. The van der Waals surface area contributed by atoms with Gasteiger partial charge in [-0.25, -0.2) is 0 Å². The van der Waals surface area contributed by atoms with Crippen LogP contribution in [-0.4, -0.2) is 17.8 Å². The van der Waals surface area contributed by atoms with E-state index in [1.165, 1.54) is 11.1 Å². The Labute approximate surface area is 90.9 Å². The monoisotopic (exact) mass is 206 g/mol. The summed E-state index contributed by atoms with van der Waals surface area (Å²) < 4.78 is 5.33. The van der Waals surface area contributed by atoms with E-state index < -0.39 is 0 Å². The number of hydrogen-bond donors (Lipinski definition) is 1. The van der Waals surface area contributed by atoms with Crippen molar-refractivity contribution in [1.82, 2.24) is 0 Å². The third-order valence-corrected chi connectivity index (χ3v) is 3.13. The molecule has 1 saturated carbocycles. The second-order valence-corrected chi connectivity index (χ2v) is 4.54. The SMILES string of the molecule is COc1cc(C)ccc1CCC1(O)CC1. The first-order chi connectivity index (χ1) is 7.13. The first-order valence-electron chi connectivity index (χ1n) is 5.49. The molecule has 0 aromatic heterocycles. The number of ether oxygens (including phenoxy) is 1. The predicted octanol–water partition coefficient (Wildman–Crippen LogP) is 2.46. The first-order valence-corrected chi connectivity index (χ1v) is 5.49. The molecule has 0 spiro atoms. The number of aryl methyl sites for hydroxylation is 2. The first kappa shape index (κ1) is 10.5. The predicted molar refractivity (Wildman–Crippen MR) is 60.2 cm³/mol. The van der Waals surface area contributed by atoms with Gasteiger partial charge in [0, 0.05) is 0 Å². The second kappa shape index (κ2) is 3.86. The quantitative estimate of drug-likeness (QED) is 0.820. The molecule has 1 aliphatic rings. The lowest BCUT2D eigenvalue weighted by Gasteiger charge is -2.11. The van der Waals surface area contributed by atoms with E-state index in [0.29, 0.717) is 0 Å². The summed E-state index contributed by atoms with van der Waals surface area (Å²) in [6.45, 7) is 2.06. The molecule has 0 amide bonds. The molecule has 2 nitrogen and oxygen atoms in total. The molecular weight excluding hydrogens is 188 g/mol. The van der Waals surface area contributed by atoms with Gasteiger partial charge in [0.25, 0.3) is 0 Å². The van der Waals surface area contributed by atoms with Crippen LogP contribution in [-0.2, 0) is 6.42 Å². The van der Waals surface area contributed by atoms with E-state index in [1.54, 1.807) is 7.11 Å². The van der Waals surface area contributed by atoms with Gasteiger partial charge >= 0.3 is 0 Å². The van der Waals surface area contributed by atoms with Crippen molar-refractivity contribution in [2.45, 2.75) is 38.2 Å². The average molecular weight is 206 g/mol. The number of methoxy groups -OCH3 is 1. The van der Waals surface area contributed by atoms with E-state index in [4.69, 9.17) is 4.74 Å². The maximum atomic E-state index is 9.77. The van der Waals surface area contributed by atoms with Gasteiger partial charge in [0.15, 0.2) is 0 Å². The summed E-state index contributed by atoms with van der Waals surface area (Å²) >= 11 is 0. The fourth-order valence-corrected chi connectivity index (χ4v) is 1.82. The van der Waals surface area contributed by atoms with E-state index >= 15 is 0 Å². The highest BCUT2D eigenvalue weighted by atomic mass is 16.5. The van der Waals surface area contributed by atoms with Crippen molar-refractivity contribution in [3.8, 4) is 5.75 Å². The van der Waals surface area contributed by atoms with Crippen molar-refractivity contribution in [2.75, 3.05) is 7.11 Å². The number of rotatable bonds is 4. The Bertz CT molecular complexity index is 354. The molecule has 1 N–H and O–H groups in total. The molecule has 2 rings (SSSR count). The van der Waals surface area contributed by atoms with Gasteiger partial charge in [-0.2, -0.15) is 0 Å². The van der Waals surface area contributed by atoms with E-state index in [9.17, 15) is 5.11 Å². The zero-order valence-corrected chi connectivity index (χ0v) is 9.42. The summed E-state index contributed by atoms with van der Waals surface area (Å²) in [5.74, 6) is 0.944. The van der Waals surface area contributed by atoms with Crippen LogP contribution < -0.4 is 4.74 Å². The Morgan fingerprint density at radius 2 is 2.13 bits per heavy atom. The minimum atomic E-state index is -0.365. The number of hydrogen-bond acceptors (Lipinski definition) is 2. The molecule has 0 radical (unpaired) electrons. The molecule has 0 atom stereocenters. The van der Waals surface area contributed by atoms with Gasteiger partial charge in [-0.3, -0.25) is 0 Å². The van der Waals surface area contributed by atoms with Crippen LogP contribution in [0.2, 0.25) is 0 Å². The van der Waals surface area contributed by atoms with Crippen LogP contribution in [0.5, 0.6) is 5.75 Å². The van der Waals surface area contributed by atoms with Gasteiger partial charge in [-0.05, 0) is 49.8 Å². The Balaban J connectivity index is 2.06. The summed E-state index contributed by atoms with van der Waals surface area (Å²) in [5, 5.41) is 9.77. The summed E-state index contributed by atoms with van der Waals surface area (Å²) in [6, 6.07) is 6.24. The lowest BCUT2D eigenvalue weighted by Crippen LogP contribution is -2.08. The summed E-state index contributed by atoms with van der Waals surface area (Å²) in [7, 11) is 1.70. The van der Waals surface area contributed by atoms with Crippen molar-refractivity contribution in [3.63, 3.8) is 0 Å². The van der Waals surface area contributed by atoms with Gasteiger partial charge in [0.2, 0.25) is 0 Å². The smallest absolute Gasteiger partial charge is 0.122 e. The Kier molecular flexibility index (Phi) is 2.70. The molecule has 1 aromatic rings.